The summed E-state index contributed by atoms with van der Waals surface area (Å²) in [6.45, 7) is 3.44. The Hall–Kier alpha value is -3.72. The van der Waals surface area contributed by atoms with Crippen molar-refractivity contribution in [3.8, 4) is 0 Å². The average molecular weight is 602 g/mol. The standard InChI is InChI=1S/C34H36ClN3O5/c1-3-33-17-18-34(43-33)27(26(33)30(40)36-23-14-8-5-9-15-23)32(42)38(24(20-39)19-22-12-6-4-7-13-22)29(34)31(41)37-28-21(2)11-10-16-25(28)35/h4-16,24,26-27,29,39H,3,17-20H2,1-2H3,(H,36,40)(H,37,41)/t24-,26+,27+,29?,33-,34?/m1/s1. The van der Waals surface area contributed by atoms with E-state index in [1.807, 2.05) is 68.4 Å². The third kappa shape index (κ3) is 4.82. The maximum Gasteiger partial charge on any atom is 0.250 e. The molecular formula is C34H36ClN3O5. The first-order valence-electron chi connectivity index (χ1n) is 14.8. The van der Waals surface area contributed by atoms with Gasteiger partial charge in [-0.2, -0.15) is 0 Å². The van der Waals surface area contributed by atoms with Crippen LogP contribution in [0.3, 0.4) is 0 Å². The Kier molecular flexibility index (Phi) is 7.79. The van der Waals surface area contributed by atoms with E-state index < -0.39 is 41.0 Å². The minimum absolute atomic E-state index is 0.306. The summed E-state index contributed by atoms with van der Waals surface area (Å²) in [7, 11) is 0. The molecule has 6 rings (SSSR count). The highest BCUT2D eigenvalue weighted by Gasteiger charge is 2.79. The minimum Gasteiger partial charge on any atom is -0.394 e. The molecule has 0 radical (unpaired) electrons. The quantitative estimate of drug-likeness (QED) is 0.320. The lowest BCUT2D eigenvalue weighted by molar-refractivity contribution is -0.148. The van der Waals surface area contributed by atoms with E-state index in [9.17, 15) is 19.5 Å². The van der Waals surface area contributed by atoms with Crippen molar-refractivity contribution in [1.29, 1.82) is 0 Å². The van der Waals surface area contributed by atoms with E-state index in [0.717, 1.165) is 11.1 Å². The fourth-order valence-electron chi connectivity index (χ4n) is 7.61. The first-order valence-corrected chi connectivity index (χ1v) is 15.2. The van der Waals surface area contributed by atoms with E-state index in [0.29, 0.717) is 42.1 Å². The molecule has 224 valence electrons. The van der Waals surface area contributed by atoms with Crippen molar-refractivity contribution in [3.63, 3.8) is 0 Å². The van der Waals surface area contributed by atoms with Crippen LogP contribution in [0.1, 0.15) is 37.3 Å². The zero-order chi connectivity index (χ0) is 30.4. The number of fused-ring (bicyclic) bond motifs is 1. The summed E-state index contributed by atoms with van der Waals surface area (Å²) in [6, 6.07) is 22.2. The largest absolute Gasteiger partial charge is 0.394 e. The van der Waals surface area contributed by atoms with Gasteiger partial charge in [-0.25, -0.2) is 0 Å². The summed E-state index contributed by atoms with van der Waals surface area (Å²) in [5.41, 5.74) is 0.641. The minimum atomic E-state index is -1.24. The normalized spacial score (nSPS) is 28.0. The van der Waals surface area contributed by atoms with E-state index in [-0.39, 0.29) is 18.4 Å². The summed E-state index contributed by atoms with van der Waals surface area (Å²) in [5.74, 6) is -2.81. The highest BCUT2D eigenvalue weighted by atomic mass is 35.5. The molecule has 3 aromatic carbocycles. The van der Waals surface area contributed by atoms with Gasteiger partial charge in [0.2, 0.25) is 17.7 Å². The number of amides is 3. The summed E-state index contributed by atoms with van der Waals surface area (Å²) in [4.78, 5) is 44.6. The van der Waals surface area contributed by atoms with Crippen molar-refractivity contribution in [2.45, 2.75) is 62.8 Å². The van der Waals surface area contributed by atoms with Gasteiger partial charge in [-0.1, -0.05) is 79.2 Å². The lowest BCUT2D eigenvalue weighted by atomic mass is 9.65. The number of carbonyl (C=O) groups is 3. The van der Waals surface area contributed by atoms with Gasteiger partial charge < -0.3 is 25.4 Å². The van der Waals surface area contributed by atoms with Gasteiger partial charge in [-0.3, -0.25) is 14.4 Å². The molecule has 3 heterocycles. The summed E-state index contributed by atoms with van der Waals surface area (Å²) in [5, 5.41) is 17.0. The number of likely N-dealkylation sites (tertiary alicyclic amines) is 1. The molecule has 2 bridgehead atoms. The molecule has 0 aliphatic carbocycles. The second-order valence-electron chi connectivity index (χ2n) is 11.9. The van der Waals surface area contributed by atoms with Gasteiger partial charge in [0.25, 0.3) is 0 Å². The lowest BCUT2D eigenvalue weighted by Gasteiger charge is -2.37. The van der Waals surface area contributed by atoms with Crippen LogP contribution in [0.2, 0.25) is 5.02 Å². The highest BCUT2D eigenvalue weighted by molar-refractivity contribution is 6.34. The van der Waals surface area contributed by atoms with E-state index in [1.54, 1.807) is 24.3 Å². The monoisotopic (exact) mass is 601 g/mol. The number of hydrogen-bond donors (Lipinski definition) is 3. The van der Waals surface area contributed by atoms with Gasteiger partial charge in [0.05, 0.1) is 40.8 Å². The van der Waals surface area contributed by atoms with Crippen LogP contribution in [0.5, 0.6) is 0 Å². The molecule has 1 spiro atoms. The Morgan fingerprint density at radius 1 is 1.00 bits per heavy atom. The molecule has 3 aliphatic rings. The number of ether oxygens (including phenoxy) is 1. The molecule has 3 N–H and O–H groups in total. The van der Waals surface area contributed by atoms with Crippen molar-refractivity contribution < 1.29 is 24.2 Å². The second-order valence-corrected chi connectivity index (χ2v) is 12.3. The van der Waals surface area contributed by atoms with E-state index in [4.69, 9.17) is 16.3 Å². The highest BCUT2D eigenvalue weighted by Crippen LogP contribution is 2.64. The smallest absolute Gasteiger partial charge is 0.250 e. The topological polar surface area (TPSA) is 108 Å². The number of aliphatic hydroxyl groups is 1. The van der Waals surface area contributed by atoms with Crippen LogP contribution in [0.25, 0.3) is 0 Å². The van der Waals surface area contributed by atoms with Crippen LogP contribution in [0.15, 0.2) is 78.9 Å². The number of carbonyl (C=O) groups excluding carboxylic acids is 3. The van der Waals surface area contributed by atoms with Crippen molar-refractivity contribution >= 4 is 40.7 Å². The molecule has 6 atom stereocenters. The van der Waals surface area contributed by atoms with E-state index in [1.165, 1.54) is 4.90 Å². The lowest BCUT2D eigenvalue weighted by Crippen LogP contribution is -2.57. The molecule has 3 saturated heterocycles. The number of aliphatic hydroxyl groups excluding tert-OH is 1. The molecule has 0 saturated carbocycles. The maximum atomic E-state index is 14.6. The SMILES string of the molecule is CC[C@]12CCC3(O1)C(C(=O)Nc1c(C)cccc1Cl)N([C@@H](CO)Cc1ccccc1)C(=O)[C@@H]3[C@H]2C(=O)Nc1ccccc1. The van der Waals surface area contributed by atoms with Crippen LogP contribution in [-0.2, 0) is 25.5 Å². The van der Waals surface area contributed by atoms with Crippen molar-refractivity contribution in [1.82, 2.24) is 4.90 Å². The Labute approximate surface area is 256 Å². The van der Waals surface area contributed by atoms with Crippen molar-refractivity contribution in [2.75, 3.05) is 17.2 Å². The molecule has 3 amide bonds. The average Bonchev–Trinajstić information content (AvgIpc) is 3.62. The molecule has 43 heavy (non-hydrogen) atoms. The van der Waals surface area contributed by atoms with Gasteiger partial charge in [0.1, 0.15) is 11.6 Å². The Balaban J connectivity index is 1.43. The van der Waals surface area contributed by atoms with Gasteiger partial charge in [0, 0.05) is 5.69 Å². The summed E-state index contributed by atoms with van der Waals surface area (Å²) < 4.78 is 6.87. The number of hydrogen-bond acceptors (Lipinski definition) is 5. The number of rotatable bonds is 9. The molecule has 2 unspecified atom stereocenters. The molecule has 3 aromatic rings. The van der Waals surface area contributed by atoms with Crippen LogP contribution in [-0.4, -0.2) is 57.6 Å². The predicted molar refractivity (Wildman–Crippen MR) is 165 cm³/mol. The Morgan fingerprint density at radius 3 is 2.35 bits per heavy atom. The third-order valence-electron chi connectivity index (χ3n) is 9.58. The van der Waals surface area contributed by atoms with Gasteiger partial charge in [-0.05, 0) is 61.9 Å². The van der Waals surface area contributed by atoms with Crippen LogP contribution < -0.4 is 10.6 Å². The number of anilines is 2. The van der Waals surface area contributed by atoms with E-state index >= 15 is 0 Å². The van der Waals surface area contributed by atoms with Crippen molar-refractivity contribution in [2.24, 2.45) is 11.8 Å². The summed E-state index contributed by atoms with van der Waals surface area (Å²) in [6.07, 6.45) is 1.81. The number of para-hydroxylation sites is 2. The molecule has 3 aliphatic heterocycles. The first-order chi connectivity index (χ1) is 20.7. The van der Waals surface area contributed by atoms with E-state index in [2.05, 4.69) is 10.6 Å². The van der Waals surface area contributed by atoms with Crippen LogP contribution >= 0.6 is 11.6 Å². The summed E-state index contributed by atoms with van der Waals surface area (Å²) >= 11 is 6.50. The zero-order valence-electron chi connectivity index (χ0n) is 24.3. The molecular weight excluding hydrogens is 566 g/mol. The predicted octanol–water partition coefficient (Wildman–Crippen LogP) is 4.98. The fraction of sp³-hybridized carbons (Fsp3) is 0.382. The molecule has 3 fully saturated rings. The van der Waals surface area contributed by atoms with Crippen LogP contribution in [0.4, 0.5) is 11.4 Å². The maximum absolute atomic E-state index is 14.6. The zero-order valence-corrected chi connectivity index (χ0v) is 25.0. The molecule has 9 heteroatoms. The fourth-order valence-corrected chi connectivity index (χ4v) is 7.88. The first kappa shape index (κ1) is 29.4. The third-order valence-corrected chi connectivity index (χ3v) is 9.89. The number of nitrogens with zero attached hydrogens (tertiary/aromatic N) is 1. The Morgan fingerprint density at radius 2 is 1.70 bits per heavy atom. The second kappa shape index (κ2) is 11.4. The van der Waals surface area contributed by atoms with Gasteiger partial charge >= 0.3 is 0 Å². The van der Waals surface area contributed by atoms with Crippen molar-refractivity contribution in [3.05, 3.63) is 95.0 Å². The molecule has 0 aromatic heterocycles. The number of nitrogens with one attached hydrogen (secondary N) is 2. The van der Waals surface area contributed by atoms with Crippen LogP contribution in [0, 0.1) is 18.8 Å². The number of benzene rings is 3. The number of aryl methyl sites for hydroxylation is 1. The Bertz CT molecular complexity index is 1520. The van der Waals surface area contributed by atoms with Gasteiger partial charge in [-0.15, -0.1) is 0 Å². The molecule has 8 nitrogen and oxygen atoms in total. The number of halogens is 1. The van der Waals surface area contributed by atoms with Gasteiger partial charge in [0.15, 0.2) is 0 Å².